The third-order valence-electron chi connectivity index (χ3n) is 5.93. The Hall–Kier alpha value is -2.15. The first-order valence-corrected chi connectivity index (χ1v) is 11.4. The largest absolute Gasteiger partial charge is 0.373 e. The van der Waals surface area contributed by atoms with Crippen molar-refractivity contribution in [1.82, 2.24) is 14.8 Å². The number of hydrogen-bond donors (Lipinski definition) is 0. The molecule has 1 unspecified atom stereocenters. The lowest BCUT2D eigenvalue weighted by molar-refractivity contribution is -0.0371. The van der Waals surface area contributed by atoms with Gasteiger partial charge in [-0.15, -0.1) is 0 Å². The van der Waals surface area contributed by atoms with Crippen molar-refractivity contribution in [3.8, 4) is 0 Å². The third kappa shape index (κ3) is 5.20. The second-order valence-electron chi connectivity index (χ2n) is 8.01. The van der Waals surface area contributed by atoms with E-state index < -0.39 is 0 Å². The average molecular weight is 462 g/mol. The first-order valence-electron chi connectivity index (χ1n) is 10.6. The maximum Gasteiger partial charge on any atom is 0.255 e. The van der Waals surface area contributed by atoms with Gasteiger partial charge in [0.25, 0.3) is 11.8 Å². The van der Waals surface area contributed by atoms with E-state index in [1.54, 1.807) is 47.6 Å². The fourth-order valence-electron chi connectivity index (χ4n) is 4.31. The summed E-state index contributed by atoms with van der Waals surface area (Å²) in [5, 5.41) is 0.769. The molecule has 2 aliphatic rings. The van der Waals surface area contributed by atoms with E-state index in [1.165, 1.54) is 0 Å². The van der Waals surface area contributed by atoms with E-state index in [9.17, 15) is 9.59 Å². The SMILES string of the molecule is O=C(c1ccc(Cl)c(Cl)c1)N1CCOC(CN(C(=O)c2cccnc2)C2CCCC2)C1. The zero-order valence-electron chi connectivity index (χ0n) is 17.2. The number of benzene rings is 1. The molecule has 2 amide bonds. The highest BCUT2D eigenvalue weighted by atomic mass is 35.5. The number of rotatable bonds is 5. The minimum Gasteiger partial charge on any atom is -0.373 e. The molecule has 2 heterocycles. The molecular weight excluding hydrogens is 437 g/mol. The summed E-state index contributed by atoms with van der Waals surface area (Å²) in [5.41, 5.74) is 1.07. The van der Waals surface area contributed by atoms with E-state index >= 15 is 0 Å². The fourth-order valence-corrected chi connectivity index (χ4v) is 4.61. The zero-order valence-corrected chi connectivity index (χ0v) is 18.7. The topological polar surface area (TPSA) is 62.7 Å². The van der Waals surface area contributed by atoms with Gasteiger partial charge in [0.2, 0.25) is 0 Å². The second-order valence-corrected chi connectivity index (χ2v) is 8.82. The van der Waals surface area contributed by atoms with E-state index in [2.05, 4.69) is 4.98 Å². The lowest BCUT2D eigenvalue weighted by Crippen LogP contribution is -2.52. The molecule has 0 spiro atoms. The molecule has 1 saturated carbocycles. The molecule has 1 aromatic heterocycles. The Morgan fingerprint density at radius 3 is 2.65 bits per heavy atom. The lowest BCUT2D eigenvalue weighted by Gasteiger charge is -2.38. The number of carbonyl (C=O) groups excluding carboxylic acids is 2. The molecule has 2 aromatic rings. The molecule has 1 aliphatic heterocycles. The van der Waals surface area contributed by atoms with Gasteiger partial charge in [0.1, 0.15) is 0 Å². The number of hydrogen-bond acceptors (Lipinski definition) is 4. The molecule has 1 saturated heterocycles. The number of pyridine rings is 1. The van der Waals surface area contributed by atoms with Gasteiger partial charge < -0.3 is 14.5 Å². The van der Waals surface area contributed by atoms with Crippen LogP contribution in [0.25, 0.3) is 0 Å². The molecule has 1 aliphatic carbocycles. The van der Waals surface area contributed by atoms with Gasteiger partial charge in [-0.1, -0.05) is 36.0 Å². The lowest BCUT2D eigenvalue weighted by atomic mass is 10.1. The van der Waals surface area contributed by atoms with Gasteiger partial charge in [-0.2, -0.15) is 0 Å². The summed E-state index contributed by atoms with van der Waals surface area (Å²) in [6.07, 6.45) is 7.24. The fraction of sp³-hybridized carbons (Fsp3) is 0.435. The number of carbonyl (C=O) groups is 2. The van der Waals surface area contributed by atoms with Gasteiger partial charge in [-0.05, 0) is 43.2 Å². The van der Waals surface area contributed by atoms with Crippen LogP contribution in [-0.2, 0) is 4.74 Å². The molecule has 1 atom stereocenters. The molecule has 4 rings (SSSR count). The van der Waals surface area contributed by atoms with Crippen molar-refractivity contribution in [2.75, 3.05) is 26.2 Å². The number of morpholine rings is 1. The van der Waals surface area contributed by atoms with Crippen LogP contribution in [0.3, 0.4) is 0 Å². The van der Waals surface area contributed by atoms with Crippen molar-refractivity contribution in [3.05, 3.63) is 63.9 Å². The Bertz CT molecular complexity index is 935. The van der Waals surface area contributed by atoms with Crippen LogP contribution in [0.15, 0.2) is 42.7 Å². The standard InChI is InChI=1S/C23H25Cl2N3O3/c24-20-8-7-16(12-21(20)25)22(29)27-10-11-31-19(14-27)15-28(18-5-1-2-6-18)23(30)17-4-3-9-26-13-17/h3-4,7-9,12-13,18-19H,1-2,5-6,10-11,14-15H2. The van der Waals surface area contributed by atoms with E-state index in [1.807, 2.05) is 4.90 Å². The summed E-state index contributed by atoms with van der Waals surface area (Å²) in [5.74, 6) is -0.144. The number of amides is 2. The minimum atomic E-state index is -0.248. The Morgan fingerprint density at radius 1 is 1.13 bits per heavy atom. The van der Waals surface area contributed by atoms with Crippen molar-refractivity contribution < 1.29 is 14.3 Å². The van der Waals surface area contributed by atoms with E-state index in [4.69, 9.17) is 27.9 Å². The molecule has 0 N–H and O–H groups in total. The molecule has 1 aromatic carbocycles. The molecule has 8 heteroatoms. The molecule has 0 bridgehead atoms. The van der Waals surface area contributed by atoms with Crippen molar-refractivity contribution in [2.24, 2.45) is 0 Å². The molecule has 6 nitrogen and oxygen atoms in total. The summed E-state index contributed by atoms with van der Waals surface area (Å²) >= 11 is 12.1. The van der Waals surface area contributed by atoms with Crippen LogP contribution in [0.1, 0.15) is 46.4 Å². The zero-order chi connectivity index (χ0) is 21.8. The van der Waals surface area contributed by atoms with Crippen molar-refractivity contribution >= 4 is 35.0 Å². The predicted molar refractivity (Wildman–Crippen MR) is 120 cm³/mol. The van der Waals surface area contributed by atoms with Crippen LogP contribution < -0.4 is 0 Å². The van der Waals surface area contributed by atoms with E-state index in [-0.39, 0.29) is 24.0 Å². The highest BCUT2D eigenvalue weighted by Gasteiger charge is 2.33. The average Bonchev–Trinajstić information content (AvgIpc) is 3.34. The Kier molecular flexibility index (Phi) is 7.10. The third-order valence-corrected chi connectivity index (χ3v) is 6.67. The van der Waals surface area contributed by atoms with Gasteiger partial charge in [0.05, 0.1) is 28.3 Å². The van der Waals surface area contributed by atoms with Crippen LogP contribution in [0.4, 0.5) is 0 Å². The normalized spacial score (nSPS) is 19.4. The monoisotopic (exact) mass is 461 g/mol. The van der Waals surface area contributed by atoms with Crippen LogP contribution >= 0.6 is 23.2 Å². The van der Waals surface area contributed by atoms with E-state index in [0.717, 1.165) is 25.7 Å². The highest BCUT2D eigenvalue weighted by molar-refractivity contribution is 6.42. The first-order chi connectivity index (χ1) is 15.0. The Balaban J connectivity index is 1.47. The van der Waals surface area contributed by atoms with Crippen molar-refractivity contribution in [2.45, 2.75) is 37.8 Å². The van der Waals surface area contributed by atoms with Crippen LogP contribution in [0.5, 0.6) is 0 Å². The van der Waals surface area contributed by atoms with Crippen molar-refractivity contribution in [1.29, 1.82) is 0 Å². The van der Waals surface area contributed by atoms with Gasteiger partial charge in [0, 0.05) is 43.6 Å². The summed E-state index contributed by atoms with van der Waals surface area (Å²) in [4.78, 5) is 34.0. The van der Waals surface area contributed by atoms with Gasteiger partial charge in [-0.25, -0.2) is 0 Å². The number of aromatic nitrogens is 1. The molecule has 31 heavy (non-hydrogen) atoms. The molecule has 164 valence electrons. The number of halogens is 2. The summed E-state index contributed by atoms with van der Waals surface area (Å²) in [7, 11) is 0. The van der Waals surface area contributed by atoms with Gasteiger partial charge in [0.15, 0.2) is 0 Å². The minimum absolute atomic E-state index is 0.0310. The van der Waals surface area contributed by atoms with Gasteiger partial charge in [-0.3, -0.25) is 14.6 Å². The predicted octanol–water partition coefficient (Wildman–Crippen LogP) is 4.31. The van der Waals surface area contributed by atoms with E-state index in [0.29, 0.717) is 47.4 Å². The van der Waals surface area contributed by atoms with Crippen LogP contribution in [-0.4, -0.2) is 65.0 Å². The highest BCUT2D eigenvalue weighted by Crippen LogP contribution is 2.27. The Morgan fingerprint density at radius 2 is 1.94 bits per heavy atom. The van der Waals surface area contributed by atoms with Crippen LogP contribution in [0, 0.1) is 0 Å². The summed E-state index contributed by atoms with van der Waals surface area (Å²) < 4.78 is 5.96. The first kappa shape index (κ1) is 22.1. The van der Waals surface area contributed by atoms with Gasteiger partial charge >= 0.3 is 0 Å². The van der Waals surface area contributed by atoms with Crippen molar-refractivity contribution in [3.63, 3.8) is 0 Å². The Labute approximate surface area is 192 Å². The number of ether oxygens (including phenoxy) is 1. The number of nitrogens with zero attached hydrogens (tertiary/aromatic N) is 3. The maximum atomic E-state index is 13.2. The smallest absolute Gasteiger partial charge is 0.255 e. The summed E-state index contributed by atoms with van der Waals surface area (Å²) in [6, 6.07) is 8.65. The molecule has 0 radical (unpaired) electrons. The van der Waals surface area contributed by atoms with Crippen LogP contribution in [0.2, 0.25) is 10.0 Å². The second kappa shape index (κ2) is 9.98. The molecule has 2 fully saturated rings. The quantitative estimate of drug-likeness (QED) is 0.664. The molecular formula is C23H25Cl2N3O3. The maximum absolute atomic E-state index is 13.2. The summed E-state index contributed by atoms with van der Waals surface area (Å²) in [6.45, 7) is 1.79.